The van der Waals surface area contributed by atoms with Gasteiger partial charge in [-0.1, -0.05) is 25.1 Å². The lowest BCUT2D eigenvalue weighted by Gasteiger charge is -2.09. The molecule has 122 valence electrons. The highest BCUT2D eigenvalue weighted by atomic mass is 15.3. The molecule has 1 heterocycles. The van der Waals surface area contributed by atoms with E-state index in [4.69, 9.17) is 0 Å². The van der Waals surface area contributed by atoms with Crippen LogP contribution in [-0.4, -0.2) is 15.2 Å². The Balaban J connectivity index is 1.75. The zero-order valence-corrected chi connectivity index (χ0v) is 14.2. The molecule has 3 aromatic rings. The van der Waals surface area contributed by atoms with Gasteiger partial charge in [-0.3, -0.25) is 0 Å². The first-order chi connectivity index (χ1) is 11.6. The minimum Gasteiger partial charge on any atom is -0.339 e. The molecule has 0 fully saturated rings. The molecule has 0 aliphatic rings. The van der Waals surface area contributed by atoms with Crippen molar-refractivity contribution in [2.75, 3.05) is 10.6 Å². The number of rotatable bonds is 5. The molecule has 0 amide bonds. The van der Waals surface area contributed by atoms with E-state index in [2.05, 4.69) is 76.9 Å². The van der Waals surface area contributed by atoms with Crippen LogP contribution >= 0.6 is 0 Å². The second-order valence-electron chi connectivity index (χ2n) is 5.84. The molecule has 5 heteroatoms. The first kappa shape index (κ1) is 15.9. The van der Waals surface area contributed by atoms with Crippen molar-refractivity contribution in [2.24, 2.45) is 0 Å². The zero-order chi connectivity index (χ0) is 16.9. The Hall–Kier alpha value is -2.95. The van der Waals surface area contributed by atoms with Crippen LogP contribution in [0.15, 0.2) is 48.7 Å². The molecule has 2 N–H and O–H groups in total. The van der Waals surface area contributed by atoms with Gasteiger partial charge >= 0.3 is 0 Å². The molecule has 0 saturated heterocycles. The molecule has 1 aromatic heterocycles. The molecule has 0 radical (unpaired) electrons. The van der Waals surface area contributed by atoms with Crippen LogP contribution in [0.25, 0.3) is 0 Å². The summed E-state index contributed by atoms with van der Waals surface area (Å²) in [5.41, 5.74) is 5.64. The van der Waals surface area contributed by atoms with E-state index in [9.17, 15) is 0 Å². The van der Waals surface area contributed by atoms with E-state index in [0.29, 0.717) is 11.8 Å². The second kappa shape index (κ2) is 7.08. The van der Waals surface area contributed by atoms with Gasteiger partial charge in [0, 0.05) is 11.4 Å². The summed E-state index contributed by atoms with van der Waals surface area (Å²) < 4.78 is 0. The quantitative estimate of drug-likeness (QED) is 0.723. The van der Waals surface area contributed by atoms with Gasteiger partial charge in [0.1, 0.15) is 0 Å². The van der Waals surface area contributed by atoms with Crippen molar-refractivity contribution >= 4 is 23.1 Å². The highest BCUT2D eigenvalue weighted by molar-refractivity contribution is 5.60. The number of nitrogens with zero attached hydrogens (tertiary/aromatic N) is 3. The van der Waals surface area contributed by atoms with Crippen molar-refractivity contribution < 1.29 is 0 Å². The van der Waals surface area contributed by atoms with E-state index in [0.717, 1.165) is 17.8 Å². The normalized spacial score (nSPS) is 10.5. The SMILES string of the molecule is CCc1ccc(Nc2nncc(Nc3cc(C)cc(C)c3)n2)cc1. The number of benzene rings is 2. The summed E-state index contributed by atoms with van der Waals surface area (Å²) in [6.45, 7) is 6.28. The van der Waals surface area contributed by atoms with Gasteiger partial charge in [-0.15, -0.1) is 5.10 Å². The van der Waals surface area contributed by atoms with Crippen molar-refractivity contribution in [1.29, 1.82) is 0 Å². The molecule has 0 saturated carbocycles. The molecule has 0 aliphatic carbocycles. The van der Waals surface area contributed by atoms with Gasteiger partial charge in [-0.05, 0) is 61.2 Å². The topological polar surface area (TPSA) is 62.7 Å². The Kier molecular flexibility index (Phi) is 4.70. The molecule has 0 aliphatic heterocycles. The zero-order valence-electron chi connectivity index (χ0n) is 14.2. The van der Waals surface area contributed by atoms with Crippen LogP contribution in [0.2, 0.25) is 0 Å². The van der Waals surface area contributed by atoms with Gasteiger partial charge in [0.05, 0.1) is 6.20 Å². The number of aromatic nitrogens is 3. The Morgan fingerprint density at radius 2 is 1.58 bits per heavy atom. The summed E-state index contributed by atoms with van der Waals surface area (Å²) in [5.74, 6) is 1.12. The summed E-state index contributed by atoms with van der Waals surface area (Å²) in [7, 11) is 0. The summed E-state index contributed by atoms with van der Waals surface area (Å²) >= 11 is 0. The van der Waals surface area contributed by atoms with Crippen LogP contribution in [0.1, 0.15) is 23.6 Å². The molecule has 0 spiro atoms. The van der Waals surface area contributed by atoms with Gasteiger partial charge in [0.15, 0.2) is 5.82 Å². The maximum atomic E-state index is 4.47. The van der Waals surface area contributed by atoms with Crippen molar-refractivity contribution in [3.05, 3.63) is 65.4 Å². The van der Waals surface area contributed by atoms with Crippen molar-refractivity contribution in [2.45, 2.75) is 27.2 Å². The van der Waals surface area contributed by atoms with Gasteiger partial charge in [0.25, 0.3) is 0 Å². The Bertz CT molecular complexity index is 807. The average molecular weight is 319 g/mol. The minimum atomic E-state index is 0.466. The van der Waals surface area contributed by atoms with Crippen LogP contribution in [0, 0.1) is 13.8 Å². The Labute approximate surface area is 142 Å². The van der Waals surface area contributed by atoms with Crippen LogP contribution in [0.3, 0.4) is 0 Å². The molecule has 2 aromatic carbocycles. The highest BCUT2D eigenvalue weighted by Crippen LogP contribution is 2.19. The van der Waals surface area contributed by atoms with Gasteiger partial charge in [-0.2, -0.15) is 10.1 Å². The van der Waals surface area contributed by atoms with Gasteiger partial charge in [-0.25, -0.2) is 0 Å². The van der Waals surface area contributed by atoms with Crippen LogP contribution < -0.4 is 10.6 Å². The summed E-state index contributed by atoms with van der Waals surface area (Å²) in [6, 6.07) is 14.5. The molecular weight excluding hydrogens is 298 g/mol. The Morgan fingerprint density at radius 1 is 0.875 bits per heavy atom. The molecule has 0 bridgehead atoms. The van der Waals surface area contributed by atoms with Gasteiger partial charge in [0.2, 0.25) is 5.95 Å². The standard InChI is InChI=1S/C19H21N5/c1-4-15-5-7-16(8-6-15)22-19-23-18(12-20-24-19)21-17-10-13(2)9-14(3)11-17/h5-12H,4H2,1-3H3,(H2,21,22,23,24). The first-order valence-corrected chi connectivity index (χ1v) is 8.03. The van der Waals surface area contributed by atoms with E-state index in [1.807, 2.05) is 12.1 Å². The largest absolute Gasteiger partial charge is 0.339 e. The summed E-state index contributed by atoms with van der Waals surface area (Å²) in [4.78, 5) is 4.47. The molecule has 0 atom stereocenters. The lowest BCUT2D eigenvalue weighted by Crippen LogP contribution is -2.02. The van der Waals surface area contributed by atoms with E-state index in [1.165, 1.54) is 16.7 Å². The predicted octanol–water partition coefficient (Wildman–Crippen LogP) is 4.54. The average Bonchev–Trinajstić information content (AvgIpc) is 2.55. The lowest BCUT2D eigenvalue weighted by molar-refractivity contribution is 0.982. The maximum Gasteiger partial charge on any atom is 0.249 e. The van der Waals surface area contributed by atoms with Gasteiger partial charge < -0.3 is 10.6 Å². The fourth-order valence-electron chi connectivity index (χ4n) is 2.56. The number of aryl methyl sites for hydroxylation is 3. The lowest BCUT2D eigenvalue weighted by atomic mass is 10.1. The third kappa shape index (κ3) is 4.07. The number of nitrogens with one attached hydrogen (secondary N) is 2. The monoisotopic (exact) mass is 319 g/mol. The summed E-state index contributed by atoms with van der Waals surface area (Å²) in [6.07, 6.45) is 2.64. The molecule has 24 heavy (non-hydrogen) atoms. The molecular formula is C19H21N5. The van der Waals surface area contributed by atoms with Crippen LogP contribution in [0.5, 0.6) is 0 Å². The maximum absolute atomic E-state index is 4.47. The number of hydrogen-bond donors (Lipinski definition) is 2. The van der Waals surface area contributed by atoms with E-state index in [-0.39, 0.29) is 0 Å². The third-order valence-electron chi connectivity index (χ3n) is 3.67. The molecule has 0 unspecified atom stereocenters. The fraction of sp³-hybridized carbons (Fsp3) is 0.211. The van der Waals surface area contributed by atoms with Crippen LogP contribution in [-0.2, 0) is 6.42 Å². The predicted molar refractivity (Wildman–Crippen MR) is 98.1 cm³/mol. The van der Waals surface area contributed by atoms with Crippen molar-refractivity contribution in [3.8, 4) is 0 Å². The van der Waals surface area contributed by atoms with E-state index < -0.39 is 0 Å². The molecule has 3 rings (SSSR count). The highest BCUT2D eigenvalue weighted by Gasteiger charge is 2.03. The summed E-state index contributed by atoms with van der Waals surface area (Å²) in [5, 5.41) is 14.5. The minimum absolute atomic E-state index is 0.466. The second-order valence-corrected chi connectivity index (χ2v) is 5.84. The third-order valence-corrected chi connectivity index (χ3v) is 3.67. The van der Waals surface area contributed by atoms with Crippen molar-refractivity contribution in [1.82, 2.24) is 15.2 Å². The number of anilines is 4. The first-order valence-electron chi connectivity index (χ1n) is 8.03. The smallest absolute Gasteiger partial charge is 0.249 e. The Morgan fingerprint density at radius 3 is 2.25 bits per heavy atom. The van der Waals surface area contributed by atoms with Crippen LogP contribution in [0.4, 0.5) is 23.1 Å². The molecule has 5 nitrogen and oxygen atoms in total. The fourth-order valence-corrected chi connectivity index (χ4v) is 2.56. The van der Waals surface area contributed by atoms with Crippen molar-refractivity contribution in [3.63, 3.8) is 0 Å². The number of hydrogen-bond acceptors (Lipinski definition) is 5. The van der Waals surface area contributed by atoms with E-state index >= 15 is 0 Å². The van der Waals surface area contributed by atoms with E-state index in [1.54, 1.807) is 6.20 Å².